The molecule has 2 aromatic carbocycles. The van der Waals surface area contributed by atoms with Gasteiger partial charge >= 0.3 is 0 Å². The van der Waals surface area contributed by atoms with Gasteiger partial charge in [-0.25, -0.2) is 8.42 Å². The molecule has 8 heteroatoms. The Morgan fingerprint density at radius 2 is 1.33 bits per heavy atom. The Balaban J connectivity index is 1.20. The minimum Gasteiger partial charge on any atom is -0.339 e. The Morgan fingerprint density at radius 1 is 0.758 bits per heavy atom. The van der Waals surface area contributed by atoms with Crippen LogP contribution in [0.15, 0.2) is 66.1 Å². The first kappa shape index (κ1) is 23.6. The monoisotopic (exact) mass is 468 g/mol. The molecular weight excluding hydrogens is 436 g/mol. The molecule has 2 fully saturated rings. The van der Waals surface area contributed by atoms with Crippen molar-refractivity contribution >= 4 is 22.0 Å². The number of nitrogens with zero attached hydrogens (tertiary/aromatic N) is 4. The molecule has 0 atom stereocenters. The minimum atomic E-state index is -3.49. The maximum atomic E-state index is 12.8. The quantitative estimate of drug-likeness (QED) is 0.622. The third-order valence-corrected chi connectivity index (χ3v) is 7.82. The smallest absolute Gasteiger partial charge is 0.236 e. The Kier molecular flexibility index (Phi) is 7.93. The fourth-order valence-corrected chi connectivity index (χ4v) is 5.42. The summed E-state index contributed by atoms with van der Waals surface area (Å²) in [7, 11) is -3.49. The van der Waals surface area contributed by atoms with E-state index in [1.54, 1.807) is 11.0 Å². The molecule has 33 heavy (non-hydrogen) atoms. The van der Waals surface area contributed by atoms with E-state index in [1.165, 1.54) is 15.3 Å². The zero-order valence-corrected chi connectivity index (χ0v) is 19.7. The van der Waals surface area contributed by atoms with Crippen LogP contribution in [-0.4, -0.2) is 92.2 Å². The highest BCUT2D eigenvalue weighted by Crippen LogP contribution is 2.13. The summed E-state index contributed by atoms with van der Waals surface area (Å²) in [6.45, 7) is 6.52. The van der Waals surface area contributed by atoms with Crippen molar-refractivity contribution in [2.24, 2.45) is 0 Å². The first-order valence-corrected chi connectivity index (χ1v) is 13.0. The Morgan fingerprint density at radius 3 is 1.97 bits per heavy atom. The van der Waals surface area contributed by atoms with Gasteiger partial charge in [-0.3, -0.25) is 14.6 Å². The maximum absolute atomic E-state index is 12.8. The molecule has 0 radical (unpaired) electrons. The third kappa shape index (κ3) is 6.74. The molecule has 4 rings (SSSR count). The molecule has 2 heterocycles. The van der Waals surface area contributed by atoms with Crippen molar-refractivity contribution in [3.63, 3.8) is 0 Å². The second kappa shape index (κ2) is 11.1. The van der Waals surface area contributed by atoms with Crippen molar-refractivity contribution in [1.82, 2.24) is 19.0 Å². The average Bonchev–Trinajstić information content (AvgIpc) is 2.85. The van der Waals surface area contributed by atoms with Crippen LogP contribution in [0.4, 0.5) is 0 Å². The topological polar surface area (TPSA) is 64.2 Å². The van der Waals surface area contributed by atoms with Crippen LogP contribution in [0, 0.1) is 0 Å². The van der Waals surface area contributed by atoms with E-state index < -0.39 is 10.0 Å². The van der Waals surface area contributed by atoms with E-state index in [0.717, 1.165) is 38.3 Å². The molecule has 2 aromatic rings. The Bertz CT molecular complexity index is 1030. The molecule has 0 spiro atoms. The van der Waals surface area contributed by atoms with E-state index >= 15 is 0 Å². The lowest BCUT2D eigenvalue weighted by molar-refractivity contribution is -0.134. The second-order valence-corrected chi connectivity index (χ2v) is 10.4. The Hall–Kier alpha value is -2.52. The lowest BCUT2D eigenvalue weighted by Gasteiger charge is -2.37. The van der Waals surface area contributed by atoms with Crippen LogP contribution in [0.5, 0.6) is 0 Å². The van der Waals surface area contributed by atoms with Gasteiger partial charge in [0.25, 0.3) is 0 Å². The third-order valence-electron chi connectivity index (χ3n) is 6.26. The number of carbonyl (C=O) groups excluding carboxylic acids is 1. The van der Waals surface area contributed by atoms with E-state index in [2.05, 4.69) is 34.1 Å². The standard InChI is InChI=1S/C25H32N4O3S/c30-25(22-27-14-12-26(13-15-27)21-24-9-5-2-6-10-24)28-16-18-29(19-17-28)33(31,32)20-11-23-7-3-1-4-8-23/h1-11,20H,12-19,21-22H2/b20-11+. The van der Waals surface area contributed by atoms with Crippen molar-refractivity contribution in [2.75, 3.05) is 58.9 Å². The molecule has 7 nitrogen and oxygen atoms in total. The summed E-state index contributed by atoms with van der Waals surface area (Å²) in [6, 6.07) is 19.8. The van der Waals surface area contributed by atoms with Gasteiger partial charge in [-0.2, -0.15) is 4.31 Å². The largest absolute Gasteiger partial charge is 0.339 e. The zero-order valence-electron chi connectivity index (χ0n) is 18.9. The normalized spacial score (nSPS) is 19.2. The lowest BCUT2D eigenvalue weighted by atomic mass is 10.2. The van der Waals surface area contributed by atoms with Gasteiger partial charge in [-0.05, 0) is 17.2 Å². The molecule has 0 saturated carbocycles. The van der Waals surface area contributed by atoms with Gasteiger partial charge in [0.1, 0.15) is 0 Å². The highest BCUT2D eigenvalue weighted by Gasteiger charge is 2.28. The van der Waals surface area contributed by atoms with Crippen LogP contribution in [0.1, 0.15) is 11.1 Å². The molecule has 0 aromatic heterocycles. The van der Waals surface area contributed by atoms with E-state index in [1.807, 2.05) is 36.4 Å². The number of benzene rings is 2. The van der Waals surface area contributed by atoms with Crippen LogP contribution in [0.2, 0.25) is 0 Å². The number of piperazine rings is 2. The second-order valence-electron chi connectivity index (χ2n) is 8.58. The van der Waals surface area contributed by atoms with Crippen LogP contribution in [0.25, 0.3) is 6.08 Å². The summed E-state index contributed by atoms with van der Waals surface area (Å²) in [4.78, 5) is 19.2. The van der Waals surface area contributed by atoms with Crippen LogP contribution >= 0.6 is 0 Å². The maximum Gasteiger partial charge on any atom is 0.236 e. The Labute approximate surface area is 196 Å². The average molecular weight is 469 g/mol. The van der Waals surface area contributed by atoms with Crippen molar-refractivity contribution in [3.05, 3.63) is 77.2 Å². The molecule has 0 bridgehead atoms. The zero-order chi connectivity index (χ0) is 23.1. The van der Waals surface area contributed by atoms with E-state index in [0.29, 0.717) is 32.7 Å². The summed E-state index contributed by atoms with van der Waals surface area (Å²) in [6.07, 6.45) is 1.62. The van der Waals surface area contributed by atoms with Crippen LogP contribution in [-0.2, 0) is 21.4 Å². The number of sulfonamides is 1. The van der Waals surface area contributed by atoms with Crippen LogP contribution in [0.3, 0.4) is 0 Å². The number of hydrogen-bond acceptors (Lipinski definition) is 5. The number of amides is 1. The predicted octanol–water partition coefficient (Wildman–Crippen LogP) is 1.95. The van der Waals surface area contributed by atoms with Gasteiger partial charge in [-0.1, -0.05) is 60.7 Å². The van der Waals surface area contributed by atoms with E-state index in [-0.39, 0.29) is 5.91 Å². The number of carbonyl (C=O) groups is 1. The van der Waals surface area contributed by atoms with Gasteiger partial charge in [0.05, 0.1) is 6.54 Å². The first-order valence-electron chi connectivity index (χ1n) is 11.5. The molecule has 2 aliphatic heterocycles. The summed E-state index contributed by atoms with van der Waals surface area (Å²) in [5.74, 6) is 0.0865. The summed E-state index contributed by atoms with van der Waals surface area (Å²) in [5.41, 5.74) is 2.16. The van der Waals surface area contributed by atoms with E-state index in [9.17, 15) is 13.2 Å². The SMILES string of the molecule is O=C(CN1CCN(Cc2ccccc2)CC1)N1CCN(S(=O)(=O)/C=C/c2ccccc2)CC1. The summed E-state index contributed by atoms with van der Waals surface area (Å²) < 4.78 is 26.7. The van der Waals surface area contributed by atoms with Crippen molar-refractivity contribution < 1.29 is 13.2 Å². The van der Waals surface area contributed by atoms with Gasteiger partial charge in [0, 0.05) is 64.3 Å². The molecular formula is C25H32N4O3S. The van der Waals surface area contributed by atoms with Gasteiger partial charge in [0.2, 0.25) is 15.9 Å². The first-order chi connectivity index (χ1) is 16.0. The van der Waals surface area contributed by atoms with Gasteiger partial charge < -0.3 is 4.90 Å². The lowest BCUT2D eigenvalue weighted by Crippen LogP contribution is -2.54. The van der Waals surface area contributed by atoms with Gasteiger partial charge in [-0.15, -0.1) is 0 Å². The number of hydrogen-bond donors (Lipinski definition) is 0. The molecule has 0 aliphatic carbocycles. The molecule has 2 aliphatic rings. The molecule has 2 saturated heterocycles. The van der Waals surface area contributed by atoms with Crippen molar-refractivity contribution in [3.8, 4) is 0 Å². The fourth-order valence-electron chi connectivity index (χ4n) is 4.25. The summed E-state index contributed by atoms with van der Waals surface area (Å²) >= 11 is 0. The van der Waals surface area contributed by atoms with E-state index in [4.69, 9.17) is 0 Å². The minimum absolute atomic E-state index is 0.0865. The molecule has 176 valence electrons. The highest BCUT2D eigenvalue weighted by molar-refractivity contribution is 7.92. The van der Waals surface area contributed by atoms with Gasteiger partial charge in [0.15, 0.2) is 0 Å². The molecule has 0 N–H and O–H groups in total. The molecule has 1 amide bonds. The fraction of sp³-hybridized carbons (Fsp3) is 0.400. The predicted molar refractivity (Wildman–Crippen MR) is 131 cm³/mol. The van der Waals surface area contributed by atoms with Crippen molar-refractivity contribution in [2.45, 2.75) is 6.54 Å². The number of rotatable bonds is 7. The van der Waals surface area contributed by atoms with Crippen molar-refractivity contribution in [1.29, 1.82) is 0 Å². The molecule has 0 unspecified atom stereocenters. The highest BCUT2D eigenvalue weighted by atomic mass is 32.2. The van der Waals surface area contributed by atoms with Crippen LogP contribution < -0.4 is 0 Å². The summed E-state index contributed by atoms with van der Waals surface area (Å²) in [5, 5.41) is 1.26.